The Morgan fingerprint density at radius 3 is 3.06 bits per heavy atom. The molecule has 1 heterocycles. The summed E-state index contributed by atoms with van der Waals surface area (Å²) in [4.78, 5) is 4.15. The van der Waals surface area contributed by atoms with Crippen molar-refractivity contribution in [1.29, 1.82) is 0 Å². The number of aliphatic imine (C=N–C) groups is 1. The zero-order valence-corrected chi connectivity index (χ0v) is 12.5. The summed E-state index contributed by atoms with van der Waals surface area (Å²) in [5, 5.41) is 3.48. The van der Waals surface area contributed by atoms with Crippen molar-refractivity contribution in [3.63, 3.8) is 0 Å². The average molecular weight is 396 g/mol. The summed E-state index contributed by atoms with van der Waals surface area (Å²) in [6, 6.07) is 8.65. The van der Waals surface area contributed by atoms with E-state index < -0.39 is 0 Å². The summed E-state index contributed by atoms with van der Waals surface area (Å²) >= 11 is 1.36. The van der Waals surface area contributed by atoms with Crippen molar-refractivity contribution in [2.24, 2.45) is 10.7 Å². The van der Waals surface area contributed by atoms with Gasteiger partial charge in [-0.3, -0.25) is 0 Å². The molecule has 3 N–H and O–H groups in total. The van der Waals surface area contributed by atoms with E-state index in [2.05, 4.69) is 34.6 Å². The Morgan fingerprint density at radius 1 is 1.59 bits per heavy atom. The van der Waals surface area contributed by atoms with Crippen LogP contribution in [0.3, 0.4) is 0 Å². The van der Waals surface area contributed by atoms with Crippen LogP contribution in [0, 0.1) is 6.08 Å². The number of allylic oxidation sites excluding steroid dienone is 1. The molecule has 17 heavy (non-hydrogen) atoms. The molecule has 1 aromatic carbocycles. The molecule has 0 spiro atoms. The molecule has 88 valence electrons. The first-order valence-corrected chi connectivity index (χ1v) is 6.90. The molecular weight excluding hydrogens is 382 g/mol. The summed E-state index contributed by atoms with van der Waals surface area (Å²) in [7, 11) is 0. The second-order valence-electron chi connectivity index (χ2n) is 3.85. The van der Waals surface area contributed by atoms with E-state index in [0.29, 0.717) is 5.84 Å². The van der Waals surface area contributed by atoms with E-state index in [1.807, 2.05) is 13.0 Å². The fraction of sp³-hybridized carbons (Fsp3) is 0.231. The van der Waals surface area contributed by atoms with E-state index in [1.165, 1.54) is 30.6 Å². The fourth-order valence-electron chi connectivity index (χ4n) is 1.83. The summed E-state index contributed by atoms with van der Waals surface area (Å²) < 4.78 is 1.16. The number of hydrogen-bond donors (Lipinski definition) is 2. The Morgan fingerprint density at radius 2 is 2.35 bits per heavy atom. The van der Waals surface area contributed by atoms with Gasteiger partial charge < -0.3 is 0 Å². The Kier molecular flexibility index (Phi) is 3.90. The van der Waals surface area contributed by atoms with Gasteiger partial charge in [-0.25, -0.2) is 0 Å². The van der Waals surface area contributed by atoms with Crippen LogP contribution in [0.5, 0.6) is 0 Å². The standard InChI is InChI=1S/C13H14N3.W/c1-2-7-15-13(14)9-11-8-10-5-3-4-6-12(10)16-11;/h3-7,11,16H,8H2,1H3,(H2,14,15);/q-1;. The zero-order valence-electron chi connectivity index (χ0n) is 9.60. The fourth-order valence-corrected chi connectivity index (χ4v) is 2.53. The summed E-state index contributed by atoms with van der Waals surface area (Å²) in [6.45, 7) is 1.81. The SMILES string of the molecule is C[C-]=CN=C(N)[C](=[W])C1Cc2ccccc2N1. The van der Waals surface area contributed by atoms with Crippen molar-refractivity contribution in [3.05, 3.63) is 42.1 Å². The molecule has 0 amide bonds. The van der Waals surface area contributed by atoms with E-state index in [9.17, 15) is 0 Å². The van der Waals surface area contributed by atoms with E-state index >= 15 is 0 Å². The van der Waals surface area contributed by atoms with Crippen LogP contribution in [0.1, 0.15) is 12.5 Å². The molecule has 0 saturated carbocycles. The molecule has 0 aromatic heterocycles. The van der Waals surface area contributed by atoms with Crippen molar-refractivity contribution in [3.8, 4) is 0 Å². The van der Waals surface area contributed by atoms with Crippen molar-refractivity contribution in [1.82, 2.24) is 0 Å². The van der Waals surface area contributed by atoms with Crippen LogP contribution in [0.2, 0.25) is 0 Å². The number of fused-ring (bicyclic) bond motifs is 1. The molecule has 1 unspecified atom stereocenters. The van der Waals surface area contributed by atoms with Crippen LogP contribution < -0.4 is 11.1 Å². The Balaban J connectivity index is 2.11. The van der Waals surface area contributed by atoms with Crippen molar-refractivity contribution in [2.75, 3.05) is 5.32 Å². The van der Waals surface area contributed by atoms with E-state index in [-0.39, 0.29) is 6.04 Å². The molecular formula is C13H14N3W-. The van der Waals surface area contributed by atoms with Crippen LogP contribution >= 0.6 is 0 Å². The van der Waals surface area contributed by atoms with Gasteiger partial charge >= 0.3 is 112 Å². The monoisotopic (exact) mass is 396 g/mol. The molecule has 1 aliphatic heterocycles. The molecule has 0 fully saturated rings. The van der Waals surface area contributed by atoms with Gasteiger partial charge in [0.05, 0.1) is 0 Å². The first-order valence-electron chi connectivity index (χ1n) is 5.43. The summed E-state index contributed by atoms with van der Waals surface area (Å²) in [6.07, 6.45) is 5.45. The number of para-hydroxylation sites is 1. The third-order valence-corrected chi connectivity index (χ3v) is 4.45. The topological polar surface area (TPSA) is 50.4 Å². The Bertz CT molecular complexity index is 466. The van der Waals surface area contributed by atoms with Crippen LogP contribution in [0.15, 0.2) is 35.5 Å². The van der Waals surface area contributed by atoms with Crippen LogP contribution in [0.25, 0.3) is 0 Å². The molecule has 0 aliphatic carbocycles. The second kappa shape index (κ2) is 5.41. The van der Waals surface area contributed by atoms with Gasteiger partial charge in [0.15, 0.2) is 0 Å². The number of anilines is 1. The minimum atomic E-state index is 0.288. The number of hydrogen-bond acceptors (Lipinski definition) is 2. The van der Waals surface area contributed by atoms with Crippen LogP contribution in [-0.4, -0.2) is 15.8 Å². The molecule has 1 aliphatic rings. The predicted octanol–water partition coefficient (Wildman–Crippen LogP) is 1.44. The first-order chi connectivity index (χ1) is 8.22. The molecule has 2 rings (SSSR count). The number of rotatable bonds is 3. The van der Waals surface area contributed by atoms with Gasteiger partial charge in [0.1, 0.15) is 0 Å². The third kappa shape index (κ3) is 2.73. The maximum atomic E-state index is 5.94. The van der Waals surface area contributed by atoms with Gasteiger partial charge in [-0.2, -0.15) is 0 Å². The number of amidine groups is 1. The van der Waals surface area contributed by atoms with Gasteiger partial charge in [-0.15, -0.1) is 0 Å². The molecule has 0 radical (unpaired) electrons. The summed E-state index contributed by atoms with van der Waals surface area (Å²) in [5.74, 6) is 0.611. The zero-order chi connectivity index (χ0) is 12.3. The number of nitrogens with one attached hydrogen (secondary N) is 1. The average Bonchev–Trinajstić information content (AvgIpc) is 2.78. The normalized spacial score (nSPS) is 19.1. The van der Waals surface area contributed by atoms with Gasteiger partial charge in [0.2, 0.25) is 0 Å². The first kappa shape index (κ1) is 12.3. The number of nitrogens with two attached hydrogens (primary N) is 1. The van der Waals surface area contributed by atoms with Gasteiger partial charge in [-0.05, 0) is 0 Å². The number of benzene rings is 1. The maximum absolute atomic E-state index is 5.94. The van der Waals surface area contributed by atoms with Crippen molar-refractivity contribution >= 4 is 15.4 Å². The van der Waals surface area contributed by atoms with Crippen LogP contribution in [0.4, 0.5) is 5.69 Å². The summed E-state index contributed by atoms with van der Waals surface area (Å²) in [5.41, 5.74) is 8.50. The quantitative estimate of drug-likeness (QED) is 0.462. The van der Waals surface area contributed by atoms with E-state index in [1.54, 1.807) is 6.20 Å². The minimum absolute atomic E-state index is 0.288. The van der Waals surface area contributed by atoms with Crippen molar-refractivity contribution in [2.45, 2.75) is 19.4 Å². The Labute approximate surface area is 112 Å². The predicted molar refractivity (Wildman–Crippen MR) is 67.7 cm³/mol. The molecule has 0 bridgehead atoms. The van der Waals surface area contributed by atoms with Gasteiger partial charge in [0, 0.05) is 0 Å². The number of nitrogens with zero attached hydrogens (tertiary/aromatic N) is 1. The molecule has 1 atom stereocenters. The van der Waals surface area contributed by atoms with Crippen LogP contribution in [-0.2, 0) is 25.8 Å². The van der Waals surface area contributed by atoms with Gasteiger partial charge in [0.25, 0.3) is 0 Å². The molecule has 3 nitrogen and oxygen atoms in total. The molecule has 0 saturated heterocycles. The van der Waals surface area contributed by atoms with E-state index in [4.69, 9.17) is 5.73 Å². The van der Waals surface area contributed by atoms with E-state index in [0.717, 1.165) is 10.3 Å². The molecule has 1 aromatic rings. The second-order valence-corrected chi connectivity index (χ2v) is 5.43. The van der Waals surface area contributed by atoms with Crippen molar-refractivity contribution < 1.29 is 19.4 Å². The Hall–Kier alpha value is -1.21. The van der Waals surface area contributed by atoms with Gasteiger partial charge in [-0.1, -0.05) is 0 Å². The molecule has 4 heteroatoms. The third-order valence-electron chi connectivity index (χ3n) is 2.67.